The number of carbonyl (C=O) groups is 1. The molecule has 0 atom stereocenters. The van der Waals surface area contributed by atoms with Crippen molar-refractivity contribution < 1.29 is 9.53 Å². The molecule has 122 valence electrons. The van der Waals surface area contributed by atoms with Crippen molar-refractivity contribution in [2.24, 2.45) is 0 Å². The van der Waals surface area contributed by atoms with Gasteiger partial charge in [0.15, 0.2) is 12.4 Å². The Labute approximate surface area is 158 Å². The second kappa shape index (κ2) is 7.36. The molecule has 0 aliphatic rings. The van der Waals surface area contributed by atoms with Gasteiger partial charge in [-0.25, -0.2) is 0 Å². The summed E-state index contributed by atoms with van der Waals surface area (Å²) in [5.41, 5.74) is 1.48. The van der Waals surface area contributed by atoms with Crippen LogP contribution in [0, 0.1) is 3.57 Å². The highest BCUT2D eigenvalue weighted by Crippen LogP contribution is 2.34. The molecule has 0 saturated heterocycles. The van der Waals surface area contributed by atoms with Crippen LogP contribution in [0.5, 0.6) is 5.75 Å². The average Bonchev–Trinajstić information content (AvgIpc) is 2.61. The molecule has 0 fully saturated rings. The zero-order valence-electron chi connectivity index (χ0n) is 12.9. The van der Waals surface area contributed by atoms with Crippen LogP contribution in [0.2, 0.25) is 5.02 Å². The Hall–Kier alpha value is -1.86. The highest BCUT2D eigenvalue weighted by molar-refractivity contribution is 14.1. The Morgan fingerprint density at radius 3 is 2.75 bits per heavy atom. The van der Waals surface area contributed by atoms with Crippen molar-refractivity contribution in [2.45, 2.75) is 0 Å². The van der Waals surface area contributed by atoms with E-state index in [0.717, 1.165) is 14.6 Å². The number of ether oxygens (including phenoxy) is 1. The van der Waals surface area contributed by atoms with Gasteiger partial charge in [-0.15, -0.1) is 0 Å². The maximum atomic E-state index is 12.4. The lowest BCUT2D eigenvalue weighted by atomic mass is 10.2. The summed E-state index contributed by atoms with van der Waals surface area (Å²) >= 11 is 8.39. The number of benzene rings is 2. The SMILES string of the molecule is CN(C(=O)COc1c(I)cc(Cl)c2cccnc12)c1ccccc1. The summed E-state index contributed by atoms with van der Waals surface area (Å²) in [5, 5.41) is 1.42. The molecule has 1 heterocycles. The fourth-order valence-electron chi connectivity index (χ4n) is 2.31. The molecule has 0 unspecified atom stereocenters. The lowest BCUT2D eigenvalue weighted by Gasteiger charge is -2.18. The van der Waals surface area contributed by atoms with Gasteiger partial charge in [-0.2, -0.15) is 0 Å². The monoisotopic (exact) mass is 452 g/mol. The first kappa shape index (κ1) is 17.0. The number of carbonyl (C=O) groups excluding carboxylic acids is 1. The summed E-state index contributed by atoms with van der Waals surface area (Å²) in [4.78, 5) is 18.3. The third-order valence-corrected chi connectivity index (χ3v) is 4.72. The van der Waals surface area contributed by atoms with E-state index in [4.69, 9.17) is 16.3 Å². The molecule has 24 heavy (non-hydrogen) atoms. The van der Waals surface area contributed by atoms with Crippen molar-refractivity contribution >= 4 is 56.7 Å². The van der Waals surface area contributed by atoms with Crippen LogP contribution in [0.3, 0.4) is 0 Å². The highest BCUT2D eigenvalue weighted by Gasteiger charge is 2.16. The van der Waals surface area contributed by atoms with E-state index < -0.39 is 0 Å². The lowest BCUT2D eigenvalue weighted by molar-refractivity contribution is -0.120. The molecule has 0 bridgehead atoms. The molecule has 3 aromatic rings. The van der Waals surface area contributed by atoms with Crippen molar-refractivity contribution in [2.75, 3.05) is 18.6 Å². The third kappa shape index (κ3) is 3.47. The number of para-hydroxylation sites is 1. The molecule has 1 amide bonds. The first-order valence-electron chi connectivity index (χ1n) is 7.25. The molecule has 1 aromatic heterocycles. The van der Waals surface area contributed by atoms with Gasteiger partial charge in [-0.3, -0.25) is 9.78 Å². The maximum absolute atomic E-state index is 12.4. The predicted octanol–water partition coefficient (Wildman–Crippen LogP) is 4.53. The number of hydrogen-bond acceptors (Lipinski definition) is 3. The Balaban J connectivity index is 1.82. The molecule has 2 aromatic carbocycles. The number of rotatable bonds is 4. The summed E-state index contributed by atoms with van der Waals surface area (Å²) in [7, 11) is 1.73. The van der Waals surface area contributed by atoms with Gasteiger partial charge >= 0.3 is 0 Å². The Morgan fingerprint density at radius 2 is 2.00 bits per heavy atom. The summed E-state index contributed by atoms with van der Waals surface area (Å²) in [6.07, 6.45) is 1.68. The van der Waals surface area contributed by atoms with E-state index in [-0.39, 0.29) is 12.5 Å². The maximum Gasteiger partial charge on any atom is 0.264 e. The van der Waals surface area contributed by atoms with Crippen molar-refractivity contribution in [1.29, 1.82) is 0 Å². The molecule has 6 heteroatoms. The topological polar surface area (TPSA) is 42.4 Å². The van der Waals surface area contributed by atoms with E-state index in [1.54, 1.807) is 18.1 Å². The van der Waals surface area contributed by atoms with Gasteiger partial charge in [0.05, 0.1) is 8.59 Å². The Kier molecular flexibility index (Phi) is 5.20. The number of likely N-dealkylation sites (N-methyl/N-ethyl adjacent to an activating group) is 1. The first-order chi connectivity index (χ1) is 11.6. The molecular formula is C18H14ClIN2O2. The molecule has 0 radical (unpaired) electrons. The summed E-state index contributed by atoms with van der Waals surface area (Å²) in [6, 6.07) is 14.9. The number of aromatic nitrogens is 1. The van der Waals surface area contributed by atoms with Crippen LogP contribution < -0.4 is 9.64 Å². The van der Waals surface area contributed by atoms with Crippen LogP contribution in [-0.4, -0.2) is 24.5 Å². The van der Waals surface area contributed by atoms with E-state index in [1.807, 2.05) is 48.5 Å². The molecular weight excluding hydrogens is 439 g/mol. The highest BCUT2D eigenvalue weighted by atomic mass is 127. The van der Waals surface area contributed by atoms with Crippen molar-refractivity contribution in [1.82, 2.24) is 4.98 Å². The molecule has 0 aliphatic heterocycles. The van der Waals surface area contributed by atoms with Crippen LogP contribution >= 0.6 is 34.2 Å². The van der Waals surface area contributed by atoms with E-state index in [9.17, 15) is 4.79 Å². The van der Waals surface area contributed by atoms with Crippen LogP contribution in [0.15, 0.2) is 54.7 Å². The molecule has 4 nitrogen and oxygen atoms in total. The zero-order valence-corrected chi connectivity index (χ0v) is 15.8. The van der Waals surface area contributed by atoms with Gasteiger partial charge in [0.25, 0.3) is 5.91 Å². The number of hydrogen-bond donors (Lipinski definition) is 0. The minimum absolute atomic E-state index is 0.0747. The van der Waals surface area contributed by atoms with Crippen LogP contribution in [-0.2, 0) is 4.79 Å². The molecule has 0 N–H and O–H groups in total. The van der Waals surface area contributed by atoms with Crippen LogP contribution in [0.25, 0.3) is 10.9 Å². The summed E-state index contributed by atoms with van der Waals surface area (Å²) < 4.78 is 6.61. The van der Waals surface area contributed by atoms with Gasteiger partial charge in [-0.1, -0.05) is 29.8 Å². The van der Waals surface area contributed by atoms with Gasteiger partial charge in [-0.05, 0) is 52.9 Å². The summed E-state index contributed by atoms with van der Waals surface area (Å²) in [5.74, 6) is 0.432. The van der Waals surface area contributed by atoms with E-state index >= 15 is 0 Å². The van der Waals surface area contributed by atoms with E-state index in [2.05, 4.69) is 27.6 Å². The van der Waals surface area contributed by atoms with Crippen molar-refractivity contribution in [3.05, 3.63) is 63.3 Å². The normalized spacial score (nSPS) is 10.6. The van der Waals surface area contributed by atoms with Crippen LogP contribution in [0.1, 0.15) is 0 Å². The van der Waals surface area contributed by atoms with Crippen molar-refractivity contribution in [3.8, 4) is 5.75 Å². The lowest BCUT2D eigenvalue weighted by Crippen LogP contribution is -2.31. The number of fused-ring (bicyclic) bond motifs is 1. The molecule has 0 aliphatic carbocycles. The van der Waals surface area contributed by atoms with Crippen LogP contribution in [0.4, 0.5) is 5.69 Å². The predicted molar refractivity (Wildman–Crippen MR) is 105 cm³/mol. The molecule has 0 saturated carbocycles. The average molecular weight is 453 g/mol. The largest absolute Gasteiger partial charge is 0.480 e. The molecule has 3 rings (SSSR count). The number of amides is 1. The van der Waals surface area contributed by atoms with E-state index in [0.29, 0.717) is 16.3 Å². The van der Waals surface area contributed by atoms with Gasteiger partial charge in [0.1, 0.15) is 5.52 Å². The van der Waals surface area contributed by atoms with Gasteiger partial charge < -0.3 is 9.64 Å². The smallest absolute Gasteiger partial charge is 0.264 e. The Bertz CT molecular complexity index is 887. The first-order valence-corrected chi connectivity index (χ1v) is 8.70. The zero-order chi connectivity index (χ0) is 17.1. The number of anilines is 1. The quantitative estimate of drug-likeness (QED) is 0.546. The van der Waals surface area contributed by atoms with Crippen molar-refractivity contribution in [3.63, 3.8) is 0 Å². The minimum Gasteiger partial charge on any atom is -0.480 e. The third-order valence-electron chi connectivity index (χ3n) is 3.61. The number of halogens is 2. The Morgan fingerprint density at radius 1 is 1.25 bits per heavy atom. The fourth-order valence-corrected chi connectivity index (χ4v) is 3.48. The van der Waals surface area contributed by atoms with Gasteiger partial charge in [0, 0.05) is 24.3 Å². The minimum atomic E-state index is -0.143. The standard InChI is InChI=1S/C18H14ClIN2O2/c1-22(12-6-3-2-4-7-12)16(23)11-24-18-15(20)10-14(19)13-8-5-9-21-17(13)18/h2-10H,11H2,1H3. The van der Waals surface area contributed by atoms with Gasteiger partial charge in [0.2, 0.25) is 0 Å². The second-order valence-corrected chi connectivity index (χ2v) is 6.72. The number of nitrogens with zero attached hydrogens (tertiary/aromatic N) is 2. The second-order valence-electron chi connectivity index (χ2n) is 5.15. The van der Waals surface area contributed by atoms with E-state index in [1.165, 1.54) is 0 Å². The summed E-state index contributed by atoms with van der Waals surface area (Å²) in [6.45, 7) is -0.0747. The number of pyridine rings is 1. The molecule has 0 spiro atoms. The fraction of sp³-hybridized carbons (Fsp3) is 0.111.